The van der Waals surface area contributed by atoms with Gasteiger partial charge in [0.1, 0.15) is 5.25 Å². The molecule has 0 radical (unpaired) electrons. The maximum atomic E-state index is 12.9. The van der Waals surface area contributed by atoms with Crippen molar-refractivity contribution in [3.8, 4) is 0 Å². The van der Waals surface area contributed by atoms with Gasteiger partial charge in [-0.3, -0.25) is 0 Å². The van der Waals surface area contributed by atoms with Gasteiger partial charge in [0, 0.05) is 9.79 Å². The van der Waals surface area contributed by atoms with E-state index in [0.717, 1.165) is 24.3 Å². The number of thioether (sulfide) groups is 2. The van der Waals surface area contributed by atoms with Gasteiger partial charge in [-0.1, -0.05) is 27.7 Å². The quantitative estimate of drug-likeness (QED) is 0.419. The van der Waals surface area contributed by atoms with Gasteiger partial charge in [-0.25, -0.2) is 4.79 Å². The fourth-order valence-corrected chi connectivity index (χ4v) is 3.47. The van der Waals surface area contributed by atoms with Crippen LogP contribution in [0.4, 0.5) is 26.3 Å². The Morgan fingerprint density at radius 1 is 1.08 bits per heavy atom. The van der Waals surface area contributed by atoms with Gasteiger partial charge in [0.25, 0.3) is 0 Å². The molecule has 0 saturated carbocycles. The lowest BCUT2D eigenvalue weighted by Gasteiger charge is -2.25. The molecule has 0 saturated heterocycles. The van der Waals surface area contributed by atoms with Gasteiger partial charge >= 0.3 is 17.7 Å². The summed E-state index contributed by atoms with van der Waals surface area (Å²) in [7, 11) is 0. The van der Waals surface area contributed by atoms with E-state index in [0.29, 0.717) is 0 Å². The Labute approximate surface area is 156 Å². The number of benzene rings is 1. The molecule has 2 nitrogen and oxygen atoms in total. The van der Waals surface area contributed by atoms with Gasteiger partial charge in [0.2, 0.25) is 0 Å². The van der Waals surface area contributed by atoms with Gasteiger partial charge in [0.15, 0.2) is 0 Å². The zero-order valence-corrected chi connectivity index (χ0v) is 16.0. The number of halogens is 6. The predicted octanol–water partition coefficient (Wildman–Crippen LogP) is 6.86. The summed E-state index contributed by atoms with van der Waals surface area (Å²) in [5.74, 6) is -1.76. The molecule has 0 aromatic heterocycles. The summed E-state index contributed by atoms with van der Waals surface area (Å²) in [6, 6.07) is 3.20. The lowest BCUT2D eigenvalue weighted by Crippen LogP contribution is -2.32. The smallest absolute Gasteiger partial charge is 0.446 e. The zero-order chi connectivity index (χ0) is 20.7. The molecule has 0 amide bonds. The van der Waals surface area contributed by atoms with Crippen molar-refractivity contribution in [3.63, 3.8) is 0 Å². The van der Waals surface area contributed by atoms with E-state index in [4.69, 9.17) is 5.11 Å². The van der Waals surface area contributed by atoms with Gasteiger partial charge in [-0.15, -0.1) is 11.8 Å². The topological polar surface area (TPSA) is 37.3 Å². The van der Waals surface area contributed by atoms with Crippen molar-refractivity contribution < 1.29 is 36.2 Å². The van der Waals surface area contributed by atoms with Crippen LogP contribution in [0.5, 0.6) is 0 Å². The van der Waals surface area contributed by atoms with Crippen molar-refractivity contribution >= 4 is 35.6 Å². The number of carboxylic acids is 1. The highest BCUT2D eigenvalue weighted by Gasteiger charge is 2.47. The summed E-state index contributed by atoms with van der Waals surface area (Å²) in [6.45, 7) is 8.00. The minimum atomic E-state index is -4.77. The fraction of sp³-hybridized carbons (Fsp3) is 0.438. The Bertz CT molecular complexity index is 639. The number of hydrogen-bond donors (Lipinski definition) is 1. The lowest BCUT2D eigenvalue weighted by molar-refractivity contribution is -0.140. The Kier molecular flexibility index (Phi) is 9.65. The average molecular weight is 420 g/mol. The summed E-state index contributed by atoms with van der Waals surface area (Å²) < 4.78 is 75.5. The van der Waals surface area contributed by atoms with Gasteiger partial charge in [-0.2, -0.15) is 26.3 Å². The summed E-state index contributed by atoms with van der Waals surface area (Å²) in [4.78, 5) is 10.8. The molecule has 0 fully saturated rings. The van der Waals surface area contributed by atoms with Crippen molar-refractivity contribution in [1.29, 1.82) is 0 Å². The third kappa shape index (κ3) is 7.14. The molecule has 10 heteroatoms. The molecule has 1 aromatic carbocycles. The largest absolute Gasteiger partial charge is 0.478 e. The molecule has 1 heterocycles. The first-order valence-corrected chi connectivity index (χ1v) is 9.25. The lowest BCUT2D eigenvalue weighted by atomic mass is 10.1. The fourth-order valence-electron chi connectivity index (χ4n) is 1.79. The Morgan fingerprint density at radius 2 is 1.62 bits per heavy atom. The molecule has 1 unspecified atom stereocenters. The summed E-state index contributed by atoms with van der Waals surface area (Å²) >= 11 is -0.156. The molecule has 1 aliphatic heterocycles. The van der Waals surface area contributed by atoms with Crippen LogP contribution < -0.4 is 0 Å². The molecule has 0 spiro atoms. The molecule has 26 heavy (non-hydrogen) atoms. The second kappa shape index (κ2) is 10.1. The molecule has 148 valence electrons. The van der Waals surface area contributed by atoms with Crippen molar-refractivity contribution in [2.75, 3.05) is 0 Å². The van der Waals surface area contributed by atoms with Crippen LogP contribution in [0.1, 0.15) is 33.3 Å². The second-order valence-corrected chi connectivity index (χ2v) is 6.48. The van der Waals surface area contributed by atoms with Gasteiger partial charge in [0.05, 0.1) is 5.57 Å². The van der Waals surface area contributed by atoms with Crippen LogP contribution in [-0.4, -0.2) is 28.0 Å². The number of rotatable bonds is 2. The predicted molar refractivity (Wildman–Crippen MR) is 92.4 cm³/mol. The molecule has 1 aromatic rings. The van der Waals surface area contributed by atoms with E-state index >= 15 is 0 Å². The standard InChI is InChI=1S/C12H6F6O2S2.2C2H6/c13-11(14,15)9-7(10(19)20)4-5-3-6(22-12(16,17)18)1-2-8(5)21-9;2*1-2/h1-4,9H,(H,19,20);2*1-2H3. The van der Waals surface area contributed by atoms with E-state index in [1.165, 1.54) is 0 Å². The van der Waals surface area contributed by atoms with E-state index in [1.807, 2.05) is 27.7 Å². The molecule has 0 bridgehead atoms. The van der Waals surface area contributed by atoms with E-state index < -0.39 is 40.2 Å². The Balaban J connectivity index is 0.00000146. The van der Waals surface area contributed by atoms with Gasteiger partial charge in [-0.05, 0) is 41.6 Å². The number of aliphatic carboxylic acids is 1. The monoisotopic (exact) mass is 420 g/mol. The van der Waals surface area contributed by atoms with E-state index in [9.17, 15) is 31.1 Å². The second-order valence-electron chi connectivity index (χ2n) is 4.19. The van der Waals surface area contributed by atoms with Crippen LogP contribution in [0.2, 0.25) is 0 Å². The average Bonchev–Trinajstić information content (AvgIpc) is 2.55. The Hall–Kier alpha value is -1.29. The summed E-state index contributed by atoms with van der Waals surface area (Å²) in [6.07, 6.45) is -4.00. The summed E-state index contributed by atoms with van der Waals surface area (Å²) in [5, 5.41) is 6.64. The van der Waals surface area contributed by atoms with Crippen LogP contribution in [0.3, 0.4) is 0 Å². The van der Waals surface area contributed by atoms with Crippen LogP contribution in [-0.2, 0) is 4.79 Å². The molecule has 1 aliphatic rings. The normalized spacial score (nSPS) is 16.2. The molecule has 2 rings (SSSR count). The van der Waals surface area contributed by atoms with E-state index in [2.05, 4.69) is 0 Å². The number of hydrogen-bond acceptors (Lipinski definition) is 3. The highest BCUT2D eigenvalue weighted by Crippen LogP contribution is 2.46. The van der Waals surface area contributed by atoms with Crippen LogP contribution >= 0.6 is 23.5 Å². The SMILES string of the molecule is CC.CC.O=C(O)C1=Cc2cc(SC(F)(F)F)ccc2SC1C(F)(F)F. The first kappa shape index (κ1) is 24.7. The highest BCUT2D eigenvalue weighted by molar-refractivity contribution is 8.00. The van der Waals surface area contributed by atoms with Crippen molar-refractivity contribution in [2.24, 2.45) is 0 Å². The number of carboxylic acid groups (broad SMARTS) is 1. The third-order valence-electron chi connectivity index (χ3n) is 2.60. The zero-order valence-electron chi connectivity index (χ0n) is 14.3. The highest BCUT2D eigenvalue weighted by atomic mass is 32.2. The van der Waals surface area contributed by atoms with Crippen LogP contribution in [0.15, 0.2) is 33.6 Å². The maximum Gasteiger partial charge on any atom is 0.446 e. The van der Waals surface area contributed by atoms with E-state index in [1.54, 1.807) is 0 Å². The molecule has 1 N–H and O–H groups in total. The van der Waals surface area contributed by atoms with Crippen LogP contribution in [0.25, 0.3) is 6.08 Å². The minimum absolute atomic E-state index is 0.0251. The first-order valence-electron chi connectivity index (χ1n) is 7.55. The molecular weight excluding hydrogens is 402 g/mol. The van der Waals surface area contributed by atoms with Crippen LogP contribution in [0, 0.1) is 0 Å². The first-order chi connectivity index (χ1) is 12.0. The maximum absolute atomic E-state index is 12.9. The third-order valence-corrected chi connectivity index (χ3v) is 4.70. The molecular formula is C16H18F6O2S2. The van der Waals surface area contributed by atoms with Gasteiger partial charge < -0.3 is 5.11 Å². The van der Waals surface area contributed by atoms with Crippen molar-refractivity contribution in [2.45, 2.75) is 54.4 Å². The number of fused-ring (bicyclic) bond motifs is 1. The number of alkyl halides is 6. The van der Waals surface area contributed by atoms with E-state index in [-0.39, 0.29) is 27.1 Å². The molecule has 1 atom stereocenters. The molecule has 0 aliphatic carbocycles. The summed E-state index contributed by atoms with van der Waals surface area (Å²) in [5.41, 5.74) is -5.42. The van der Waals surface area contributed by atoms with Crippen molar-refractivity contribution in [3.05, 3.63) is 29.3 Å². The minimum Gasteiger partial charge on any atom is -0.478 e. The van der Waals surface area contributed by atoms with Crippen molar-refractivity contribution in [1.82, 2.24) is 0 Å². The Morgan fingerprint density at radius 3 is 2.04 bits per heavy atom. The number of carbonyl (C=O) groups is 1.